The van der Waals surface area contributed by atoms with Gasteiger partial charge >= 0.3 is 0 Å². The number of para-hydroxylation sites is 1. The molecule has 16 heavy (non-hydrogen) atoms. The number of unbranched alkanes of at least 4 members (excludes halogenated alkanes) is 1. The summed E-state index contributed by atoms with van der Waals surface area (Å²) in [5, 5.41) is 1.25. The molecule has 1 aromatic heterocycles. The zero-order valence-electron chi connectivity index (χ0n) is 9.74. The minimum Gasteiger partial charge on any atom is -0.330 e. The number of rotatable bonds is 4. The fourth-order valence-corrected chi connectivity index (χ4v) is 2.00. The van der Waals surface area contributed by atoms with Gasteiger partial charge in [-0.3, -0.25) is 4.98 Å². The van der Waals surface area contributed by atoms with Gasteiger partial charge < -0.3 is 5.73 Å². The predicted molar refractivity (Wildman–Crippen MR) is 68.5 cm³/mol. The third-order valence-corrected chi connectivity index (χ3v) is 2.86. The molecule has 0 aliphatic rings. The molecule has 0 saturated carbocycles. The monoisotopic (exact) mass is 214 g/mol. The minimum absolute atomic E-state index is 0.770. The van der Waals surface area contributed by atoms with Crippen molar-refractivity contribution in [1.29, 1.82) is 0 Å². The van der Waals surface area contributed by atoms with Gasteiger partial charge in [0.2, 0.25) is 0 Å². The number of pyridine rings is 1. The fourth-order valence-electron chi connectivity index (χ4n) is 2.00. The second kappa shape index (κ2) is 5.08. The van der Waals surface area contributed by atoms with Gasteiger partial charge in [-0.2, -0.15) is 0 Å². The Morgan fingerprint density at radius 1 is 1.19 bits per heavy atom. The van der Waals surface area contributed by atoms with Crippen LogP contribution in [0.15, 0.2) is 30.3 Å². The van der Waals surface area contributed by atoms with Crippen molar-refractivity contribution in [2.24, 2.45) is 5.73 Å². The number of nitrogens with zero attached hydrogens (tertiary/aromatic N) is 1. The number of hydrogen-bond donors (Lipinski definition) is 1. The van der Waals surface area contributed by atoms with Crippen LogP contribution in [0.3, 0.4) is 0 Å². The van der Waals surface area contributed by atoms with Crippen molar-refractivity contribution in [1.82, 2.24) is 4.98 Å². The van der Waals surface area contributed by atoms with E-state index in [9.17, 15) is 0 Å². The molecule has 0 radical (unpaired) electrons. The molecular formula is C14H18N2. The quantitative estimate of drug-likeness (QED) is 0.795. The molecular weight excluding hydrogens is 196 g/mol. The number of aromatic nitrogens is 1. The van der Waals surface area contributed by atoms with Crippen molar-refractivity contribution < 1.29 is 0 Å². The smallest absolute Gasteiger partial charge is 0.0707 e. The highest BCUT2D eigenvalue weighted by Gasteiger charge is 2.01. The summed E-state index contributed by atoms with van der Waals surface area (Å²) in [7, 11) is 0. The molecule has 2 rings (SSSR count). The SMILES string of the molecule is Cc1cc(CCCCN)nc2ccccc12. The average Bonchev–Trinajstić information content (AvgIpc) is 2.30. The summed E-state index contributed by atoms with van der Waals surface area (Å²) < 4.78 is 0. The lowest BCUT2D eigenvalue weighted by molar-refractivity contribution is 0.734. The van der Waals surface area contributed by atoms with Crippen LogP contribution < -0.4 is 5.73 Å². The van der Waals surface area contributed by atoms with Crippen LogP contribution in [-0.2, 0) is 6.42 Å². The van der Waals surface area contributed by atoms with Crippen molar-refractivity contribution in [3.05, 3.63) is 41.6 Å². The lowest BCUT2D eigenvalue weighted by Crippen LogP contribution is -2.00. The van der Waals surface area contributed by atoms with Gasteiger partial charge in [0.15, 0.2) is 0 Å². The van der Waals surface area contributed by atoms with E-state index >= 15 is 0 Å². The zero-order valence-corrected chi connectivity index (χ0v) is 9.74. The molecule has 2 N–H and O–H groups in total. The first kappa shape index (κ1) is 11.1. The maximum atomic E-state index is 5.49. The highest BCUT2D eigenvalue weighted by atomic mass is 14.7. The van der Waals surface area contributed by atoms with Crippen LogP contribution in [0.25, 0.3) is 10.9 Å². The molecule has 0 fully saturated rings. The standard InChI is InChI=1S/C14H18N2/c1-11-10-12(6-4-5-9-15)16-14-8-3-2-7-13(11)14/h2-3,7-8,10H,4-6,9,15H2,1H3. The first-order valence-corrected chi connectivity index (χ1v) is 5.86. The Morgan fingerprint density at radius 3 is 2.81 bits per heavy atom. The van der Waals surface area contributed by atoms with Crippen LogP contribution in [0.5, 0.6) is 0 Å². The van der Waals surface area contributed by atoms with Crippen LogP contribution in [0.1, 0.15) is 24.1 Å². The third kappa shape index (κ3) is 2.39. The van der Waals surface area contributed by atoms with Crippen molar-refractivity contribution in [3.63, 3.8) is 0 Å². The summed E-state index contributed by atoms with van der Waals surface area (Å²) >= 11 is 0. The molecule has 0 amide bonds. The van der Waals surface area contributed by atoms with Crippen LogP contribution in [0.2, 0.25) is 0 Å². The lowest BCUT2D eigenvalue weighted by Gasteiger charge is -2.05. The van der Waals surface area contributed by atoms with Crippen molar-refractivity contribution in [2.75, 3.05) is 6.54 Å². The predicted octanol–water partition coefficient (Wildman–Crippen LogP) is 2.82. The number of fused-ring (bicyclic) bond motifs is 1. The van der Waals surface area contributed by atoms with E-state index in [0.717, 1.165) is 31.3 Å². The summed E-state index contributed by atoms with van der Waals surface area (Å²) in [6, 6.07) is 10.5. The van der Waals surface area contributed by atoms with Gasteiger partial charge in [-0.05, 0) is 50.4 Å². The first-order chi connectivity index (χ1) is 7.81. The summed E-state index contributed by atoms with van der Waals surface area (Å²) in [5.41, 5.74) is 9.09. The maximum absolute atomic E-state index is 5.49. The molecule has 0 aliphatic heterocycles. The summed E-state index contributed by atoms with van der Waals surface area (Å²) in [5.74, 6) is 0. The van der Waals surface area contributed by atoms with E-state index in [-0.39, 0.29) is 0 Å². The number of benzene rings is 1. The van der Waals surface area contributed by atoms with Crippen molar-refractivity contribution in [2.45, 2.75) is 26.2 Å². The minimum atomic E-state index is 0.770. The molecule has 84 valence electrons. The van der Waals surface area contributed by atoms with Gasteiger partial charge in [-0.1, -0.05) is 18.2 Å². The summed E-state index contributed by atoms with van der Waals surface area (Å²) in [4.78, 5) is 4.67. The molecule has 2 nitrogen and oxygen atoms in total. The molecule has 0 aliphatic carbocycles. The number of aryl methyl sites for hydroxylation is 2. The van der Waals surface area contributed by atoms with Gasteiger partial charge in [0.25, 0.3) is 0 Å². The molecule has 0 bridgehead atoms. The second-order valence-corrected chi connectivity index (χ2v) is 4.19. The van der Waals surface area contributed by atoms with Crippen molar-refractivity contribution >= 4 is 10.9 Å². The maximum Gasteiger partial charge on any atom is 0.0707 e. The van der Waals surface area contributed by atoms with Crippen LogP contribution in [-0.4, -0.2) is 11.5 Å². The third-order valence-electron chi connectivity index (χ3n) is 2.86. The Labute approximate surface area is 96.5 Å². The molecule has 0 saturated heterocycles. The zero-order chi connectivity index (χ0) is 11.4. The highest BCUT2D eigenvalue weighted by Crippen LogP contribution is 2.18. The largest absolute Gasteiger partial charge is 0.330 e. The number of hydrogen-bond acceptors (Lipinski definition) is 2. The average molecular weight is 214 g/mol. The van der Waals surface area contributed by atoms with Crippen molar-refractivity contribution in [3.8, 4) is 0 Å². The van der Waals surface area contributed by atoms with Gasteiger partial charge in [-0.25, -0.2) is 0 Å². The van der Waals surface area contributed by atoms with E-state index in [1.165, 1.54) is 16.6 Å². The fraction of sp³-hybridized carbons (Fsp3) is 0.357. The van der Waals surface area contributed by atoms with Gasteiger partial charge in [0, 0.05) is 11.1 Å². The molecule has 2 heteroatoms. The van der Waals surface area contributed by atoms with E-state index < -0.39 is 0 Å². The molecule has 1 aromatic carbocycles. The Morgan fingerprint density at radius 2 is 2.00 bits per heavy atom. The molecule has 1 heterocycles. The van der Waals surface area contributed by atoms with E-state index in [4.69, 9.17) is 5.73 Å². The van der Waals surface area contributed by atoms with E-state index in [2.05, 4.69) is 36.2 Å². The first-order valence-electron chi connectivity index (χ1n) is 5.86. The van der Waals surface area contributed by atoms with E-state index in [1.807, 2.05) is 6.07 Å². The van der Waals surface area contributed by atoms with E-state index in [1.54, 1.807) is 0 Å². The molecule has 0 unspecified atom stereocenters. The summed E-state index contributed by atoms with van der Waals surface area (Å²) in [6.07, 6.45) is 3.23. The van der Waals surface area contributed by atoms with Crippen LogP contribution >= 0.6 is 0 Å². The summed E-state index contributed by atoms with van der Waals surface area (Å²) in [6.45, 7) is 2.92. The van der Waals surface area contributed by atoms with Gasteiger partial charge in [-0.15, -0.1) is 0 Å². The second-order valence-electron chi connectivity index (χ2n) is 4.19. The Bertz CT molecular complexity index is 477. The van der Waals surface area contributed by atoms with Crippen LogP contribution in [0.4, 0.5) is 0 Å². The Hall–Kier alpha value is -1.41. The molecule has 0 atom stereocenters. The number of nitrogens with two attached hydrogens (primary N) is 1. The van der Waals surface area contributed by atoms with E-state index in [0.29, 0.717) is 0 Å². The lowest BCUT2D eigenvalue weighted by atomic mass is 10.1. The molecule has 0 spiro atoms. The van der Waals surface area contributed by atoms with Gasteiger partial charge in [0.05, 0.1) is 5.52 Å². The van der Waals surface area contributed by atoms with Crippen LogP contribution in [0, 0.1) is 6.92 Å². The Balaban J connectivity index is 2.27. The normalized spacial score (nSPS) is 10.9. The molecule has 2 aromatic rings. The van der Waals surface area contributed by atoms with Gasteiger partial charge in [0.1, 0.15) is 0 Å². The highest BCUT2D eigenvalue weighted by molar-refractivity contribution is 5.81. The topological polar surface area (TPSA) is 38.9 Å². The Kier molecular flexibility index (Phi) is 3.52.